The summed E-state index contributed by atoms with van der Waals surface area (Å²) in [6.07, 6.45) is 6.69. The van der Waals surface area contributed by atoms with Gasteiger partial charge < -0.3 is 5.32 Å². The van der Waals surface area contributed by atoms with E-state index in [1.54, 1.807) is 6.07 Å². The number of halogens is 1. The molecule has 0 aromatic heterocycles. The minimum atomic E-state index is -0.0855. The van der Waals surface area contributed by atoms with Crippen molar-refractivity contribution in [3.63, 3.8) is 0 Å². The van der Waals surface area contributed by atoms with E-state index in [1.165, 1.54) is 0 Å². The average Bonchev–Trinajstić information content (AvgIpc) is 3.49. The van der Waals surface area contributed by atoms with Gasteiger partial charge in [-0.1, -0.05) is 12.1 Å². The van der Waals surface area contributed by atoms with Crippen molar-refractivity contribution >= 4 is 5.91 Å². The third-order valence-corrected chi connectivity index (χ3v) is 6.42. The molecule has 1 N–H and O–H groups in total. The zero-order valence-corrected chi connectivity index (χ0v) is 16.4. The monoisotopic (exact) mass is 373 g/mol. The third-order valence-electron chi connectivity index (χ3n) is 6.42. The second kappa shape index (κ2) is 8.27. The lowest BCUT2D eigenvalue weighted by Gasteiger charge is -2.42. The second-order valence-electron chi connectivity index (χ2n) is 8.72. The van der Waals surface area contributed by atoms with Crippen molar-refractivity contribution in [1.29, 1.82) is 0 Å². The predicted octanol–water partition coefficient (Wildman–Crippen LogP) is 3.09. The zero-order chi connectivity index (χ0) is 18.8. The number of piperidine rings is 2. The van der Waals surface area contributed by atoms with E-state index < -0.39 is 0 Å². The van der Waals surface area contributed by atoms with Crippen LogP contribution >= 0.6 is 0 Å². The molecule has 2 saturated heterocycles. The minimum Gasteiger partial charge on any atom is -0.353 e. The third kappa shape index (κ3) is 4.88. The Morgan fingerprint density at radius 2 is 1.93 bits per heavy atom. The summed E-state index contributed by atoms with van der Waals surface area (Å²) in [6.45, 7) is 6.67. The number of hydrogen-bond acceptors (Lipinski definition) is 3. The largest absolute Gasteiger partial charge is 0.353 e. The van der Waals surface area contributed by atoms with Crippen LogP contribution in [0.2, 0.25) is 0 Å². The molecule has 2 heterocycles. The SMILES string of the molecule is Cc1ccc(CN2CCC(N3CCC[C@H](C(=O)NC4CC4)C3)CC2)c(F)c1. The summed E-state index contributed by atoms with van der Waals surface area (Å²) in [5.74, 6) is 0.353. The van der Waals surface area contributed by atoms with Crippen LogP contribution < -0.4 is 5.32 Å². The summed E-state index contributed by atoms with van der Waals surface area (Å²) in [4.78, 5) is 17.3. The van der Waals surface area contributed by atoms with Crippen molar-refractivity contribution in [3.8, 4) is 0 Å². The number of nitrogens with one attached hydrogen (secondary N) is 1. The lowest BCUT2D eigenvalue weighted by molar-refractivity contribution is -0.127. The van der Waals surface area contributed by atoms with E-state index in [0.29, 0.717) is 18.6 Å². The fraction of sp³-hybridized carbons (Fsp3) is 0.682. The van der Waals surface area contributed by atoms with Crippen molar-refractivity contribution in [2.75, 3.05) is 26.2 Å². The quantitative estimate of drug-likeness (QED) is 0.862. The molecule has 27 heavy (non-hydrogen) atoms. The number of rotatable bonds is 5. The first-order valence-electron chi connectivity index (χ1n) is 10.6. The molecule has 5 heteroatoms. The molecule has 4 nitrogen and oxygen atoms in total. The molecule has 1 amide bonds. The Morgan fingerprint density at radius 1 is 1.15 bits per heavy atom. The number of nitrogens with zero attached hydrogens (tertiary/aromatic N) is 2. The van der Waals surface area contributed by atoms with Gasteiger partial charge in [-0.15, -0.1) is 0 Å². The first-order chi connectivity index (χ1) is 13.1. The highest BCUT2D eigenvalue weighted by Gasteiger charge is 2.33. The summed E-state index contributed by atoms with van der Waals surface area (Å²) in [5, 5.41) is 3.18. The minimum absolute atomic E-state index is 0.0855. The van der Waals surface area contributed by atoms with Gasteiger partial charge in [0.05, 0.1) is 5.92 Å². The molecule has 4 rings (SSSR count). The Kier molecular flexibility index (Phi) is 5.79. The van der Waals surface area contributed by atoms with Gasteiger partial charge in [-0.3, -0.25) is 14.6 Å². The summed E-state index contributed by atoms with van der Waals surface area (Å²) in [7, 11) is 0. The fourth-order valence-corrected chi connectivity index (χ4v) is 4.56. The standard InChI is InChI=1S/C22H32FN3O/c1-16-4-5-17(21(23)13-16)14-25-11-8-20(9-12-25)26-10-2-3-18(15-26)22(27)24-19-6-7-19/h4-5,13,18-20H,2-3,6-12,14-15H2,1H3,(H,24,27)/t18-/m0/s1. The van der Waals surface area contributed by atoms with E-state index in [2.05, 4.69) is 15.1 Å². The van der Waals surface area contributed by atoms with E-state index >= 15 is 0 Å². The number of carbonyl (C=O) groups is 1. The molecule has 2 aliphatic heterocycles. The van der Waals surface area contributed by atoms with Crippen molar-refractivity contribution in [1.82, 2.24) is 15.1 Å². The van der Waals surface area contributed by atoms with Crippen molar-refractivity contribution in [2.45, 2.75) is 64.1 Å². The van der Waals surface area contributed by atoms with Crippen molar-refractivity contribution in [2.24, 2.45) is 5.92 Å². The smallest absolute Gasteiger partial charge is 0.224 e. The topological polar surface area (TPSA) is 35.6 Å². The van der Waals surface area contributed by atoms with Crippen LogP contribution in [0, 0.1) is 18.7 Å². The Hall–Kier alpha value is -1.46. The summed E-state index contributed by atoms with van der Waals surface area (Å²) in [6, 6.07) is 6.57. The van der Waals surface area contributed by atoms with Gasteiger partial charge in [-0.2, -0.15) is 0 Å². The van der Waals surface area contributed by atoms with Gasteiger partial charge in [0.2, 0.25) is 5.91 Å². The van der Waals surface area contributed by atoms with Crippen LogP contribution in [-0.2, 0) is 11.3 Å². The summed E-state index contributed by atoms with van der Waals surface area (Å²) >= 11 is 0. The highest BCUT2D eigenvalue weighted by atomic mass is 19.1. The summed E-state index contributed by atoms with van der Waals surface area (Å²) in [5.41, 5.74) is 1.77. The van der Waals surface area contributed by atoms with Gasteiger partial charge in [0.1, 0.15) is 5.82 Å². The molecule has 0 spiro atoms. The molecule has 0 unspecified atom stereocenters. The van der Waals surface area contributed by atoms with Crippen LogP contribution in [-0.4, -0.2) is 54.0 Å². The van der Waals surface area contributed by atoms with E-state index in [9.17, 15) is 9.18 Å². The number of amides is 1. The van der Waals surface area contributed by atoms with Crippen LogP contribution in [0.5, 0.6) is 0 Å². The van der Waals surface area contributed by atoms with Crippen LogP contribution in [0.25, 0.3) is 0 Å². The fourth-order valence-electron chi connectivity index (χ4n) is 4.56. The lowest BCUT2D eigenvalue weighted by Crippen LogP contribution is -2.50. The van der Waals surface area contributed by atoms with Crippen LogP contribution in [0.15, 0.2) is 18.2 Å². The first-order valence-corrected chi connectivity index (χ1v) is 10.6. The van der Waals surface area contributed by atoms with E-state index in [-0.39, 0.29) is 17.6 Å². The molecule has 1 aromatic carbocycles. The van der Waals surface area contributed by atoms with E-state index in [0.717, 1.165) is 75.8 Å². The Bertz CT molecular complexity index is 668. The molecule has 1 aromatic rings. The number of hydrogen-bond donors (Lipinski definition) is 1. The van der Waals surface area contributed by atoms with Gasteiger partial charge >= 0.3 is 0 Å². The molecule has 0 radical (unpaired) electrons. The Labute approximate surface area is 162 Å². The number of aryl methyl sites for hydroxylation is 1. The molecule has 1 atom stereocenters. The molecule has 0 bridgehead atoms. The highest BCUT2D eigenvalue weighted by molar-refractivity contribution is 5.79. The molecular weight excluding hydrogens is 341 g/mol. The number of likely N-dealkylation sites (tertiary alicyclic amines) is 2. The van der Waals surface area contributed by atoms with Crippen LogP contribution in [0.4, 0.5) is 4.39 Å². The molecular formula is C22H32FN3O. The van der Waals surface area contributed by atoms with Gasteiger partial charge in [-0.25, -0.2) is 4.39 Å². The van der Waals surface area contributed by atoms with Crippen molar-refractivity contribution < 1.29 is 9.18 Å². The second-order valence-corrected chi connectivity index (χ2v) is 8.72. The van der Waals surface area contributed by atoms with Crippen LogP contribution in [0.3, 0.4) is 0 Å². The highest BCUT2D eigenvalue weighted by Crippen LogP contribution is 2.26. The Morgan fingerprint density at radius 3 is 2.63 bits per heavy atom. The lowest BCUT2D eigenvalue weighted by atomic mass is 9.93. The van der Waals surface area contributed by atoms with E-state index in [4.69, 9.17) is 0 Å². The number of carbonyl (C=O) groups excluding carboxylic acids is 1. The molecule has 1 aliphatic carbocycles. The van der Waals surface area contributed by atoms with Gasteiger partial charge in [0.25, 0.3) is 0 Å². The van der Waals surface area contributed by atoms with Crippen molar-refractivity contribution in [3.05, 3.63) is 35.1 Å². The maximum atomic E-state index is 14.1. The molecule has 3 fully saturated rings. The van der Waals surface area contributed by atoms with Gasteiger partial charge in [0, 0.05) is 30.7 Å². The predicted molar refractivity (Wildman–Crippen MR) is 105 cm³/mol. The zero-order valence-electron chi connectivity index (χ0n) is 16.4. The van der Waals surface area contributed by atoms with E-state index in [1.807, 2.05) is 19.1 Å². The van der Waals surface area contributed by atoms with Crippen LogP contribution in [0.1, 0.15) is 49.7 Å². The first kappa shape index (κ1) is 18.9. The summed E-state index contributed by atoms with van der Waals surface area (Å²) < 4.78 is 14.1. The number of benzene rings is 1. The Balaban J connectivity index is 1.26. The average molecular weight is 374 g/mol. The molecule has 148 valence electrons. The normalized spacial score (nSPS) is 25.5. The van der Waals surface area contributed by atoms with Gasteiger partial charge in [-0.05, 0) is 76.7 Å². The maximum Gasteiger partial charge on any atom is 0.224 e. The molecule has 3 aliphatic rings. The maximum absolute atomic E-state index is 14.1. The molecule has 1 saturated carbocycles. The van der Waals surface area contributed by atoms with Gasteiger partial charge in [0.15, 0.2) is 0 Å².